The van der Waals surface area contributed by atoms with Crippen molar-refractivity contribution in [1.82, 2.24) is 4.68 Å². The van der Waals surface area contributed by atoms with Gasteiger partial charge in [-0.3, -0.25) is 19.8 Å². The van der Waals surface area contributed by atoms with Gasteiger partial charge in [-0.1, -0.05) is 56.8 Å². The van der Waals surface area contributed by atoms with Crippen molar-refractivity contribution in [3.8, 4) is 0 Å². The summed E-state index contributed by atoms with van der Waals surface area (Å²) in [6, 6.07) is 18.0. The highest BCUT2D eigenvalue weighted by Gasteiger charge is 2.22. The third-order valence-corrected chi connectivity index (χ3v) is 6.30. The Hall–Kier alpha value is -3.04. The summed E-state index contributed by atoms with van der Waals surface area (Å²) in [5.41, 5.74) is 3.73. The van der Waals surface area contributed by atoms with Crippen LogP contribution in [0, 0.1) is 0 Å². The van der Waals surface area contributed by atoms with Gasteiger partial charge in [0.2, 0.25) is 0 Å². The quantitative estimate of drug-likeness (QED) is 0.247. The Morgan fingerprint density at radius 1 is 0.824 bits per heavy atom. The molecule has 0 aliphatic rings. The molecule has 0 atom stereocenters. The first kappa shape index (κ1) is 24.1. The lowest BCUT2D eigenvalue weighted by atomic mass is 10.2. The summed E-state index contributed by atoms with van der Waals surface area (Å²) in [4.78, 5) is 38.3. The van der Waals surface area contributed by atoms with Crippen LogP contribution in [0.3, 0.4) is 0 Å². The van der Waals surface area contributed by atoms with Crippen LogP contribution in [-0.4, -0.2) is 22.4 Å². The molecule has 34 heavy (non-hydrogen) atoms. The molecular weight excluding hydrogens is 567 g/mol. The van der Waals surface area contributed by atoms with Crippen molar-refractivity contribution in [2.45, 2.75) is 0 Å². The van der Waals surface area contributed by atoms with Crippen molar-refractivity contribution < 1.29 is 14.4 Å². The predicted molar refractivity (Wildman–Crippen MR) is 139 cm³/mol. The van der Waals surface area contributed by atoms with Crippen LogP contribution < -0.4 is 16.1 Å². The van der Waals surface area contributed by atoms with E-state index in [1.165, 1.54) is 10.7 Å². The molecule has 4 rings (SSSR count). The molecule has 0 unspecified atom stereocenters. The van der Waals surface area contributed by atoms with E-state index in [4.69, 9.17) is 34.8 Å². The van der Waals surface area contributed by atoms with Gasteiger partial charge in [0.15, 0.2) is 0 Å². The number of benzene rings is 3. The second kappa shape index (κ2) is 10.1. The zero-order valence-electron chi connectivity index (χ0n) is 17.0. The van der Waals surface area contributed by atoms with Crippen LogP contribution in [0.2, 0.25) is 15.1 Å². The minimum Gasteiger partial charge on any atom is -0.321 e. The molecule has 1 heterocycles. The average Bonchev–Trinajstić information content (AvgIpc) is 3.15. The van der Waals surface area contributed by atoms with E-state index in [0.29, 0.717) is 21.6 Å². The van der Waals surface area contributed by atoms with Gasteiger partial charge >= 0.3 is 11.8 Å². The van der Waals surface area contributed by atoms with Crippen LogP contribution in [0.5, 0.6) is 0 Å². The SMILES string of the molecule is O=C(Nc1cccc(Cl)c1Cl)C(=O)Nn1c(C(=O)Nc2ccc(Br)cc2)cc2cc(Cl)ccc21. The number of anilines is 2. The van der Waals surface area contributed by atoms with Gasteiger partial charge < -0.3 is 10.6 Å². The minimum atomic E-state index is -1.03. The second-order valence-electron chi connectivity index (χ2n) is 7.03. The zero-order valence-corrected chi connectivity index (χ0v) is 20.9. The maximum absolute atomic E-state index is 13.0. The zero-order chi connectivity index (χ0) is 24.4. The highest BCUT2D eigenvalue weighted by molar-refractivity contribution is 9.10. The number of rotatable bonds is 4. The topological polar surface area (TPSA) is 92.2 Å². The number of hydrogen-bond acceptors (Lipinski definition) is 3. The molecular formula is C23H14BrCl3N4O3. The van der Waals surface area contributed by atoms with E-state index in [1.54, 1.807) is 60.7 Å². The fourth-order valence-electron chi connectivity index (χ4n) is 3.13. The fraction of sp³-hybridized carbons (Fsp3) is 0. The predicted octanol–water partition coefficient (Wildman–Crippen LogP) is 6.33. The number of hydrogen-bond donors (Lipinski definition) is 3. The lowest BCUT2D eigenvalue weighted by Crippen LogP contribution is -2.36. The molecule has 4 aromatic rings. The Morgan fingerprint density at radius 2 is 1.56 bits per heavy atom. The van der Waals surface area contributed by atoms with Crippen LogP contribution in [-0.2, 0) is 9.59 Å². The normalized spacial score (nSPS) is 10.7. The van der Waals surface area contributed by atoms with Crippen LogP contribution in [0.1, 0.15) is 10.5 Å². The van der Waals surface area contributed by atoms with Crippen molar-refractivity contribution in [3.05, 3.63) is 92.0 Å². The van der Waals surface area contributed by atoms with Crippen LogP contribution in [0.15, 0.2) is 71.2 Å². The number of halogens is 4. The van der Waals surface area contributed by atoms with Gasteiger partial charge in [-0.2, -0.15) is 0 Å². The molecule has 172 valence electrons. The Labute approximate surface area is 217 Å². The van der Waals surface area contributed by atoms with Crippen molar-refractivity contribution in [3.63, 3.8) is 0 Å². The van der Waals surface area contributed by atoms with E-state index in [9.17, 15) is 14.4 Å². The molecule has 0 aliphatic carbocycles. The Bertz CT molecular complexity index is 1440. The first-order valence-corrected chi connectivity index (χ1v) is 11.6. The molecule has 0 fully saturated rings. The van der Waals surface area contributed by atoms with Crippen molar-refractivity contribution in [1.29, 1.82) is 0 Å². The molecule has 11 heteroatoms. The van der Waals surface area contributed by atoms with Gasteiger partial charge in [-0.15, -0.1) is 0 Å². The lowest BCUT2D eigenvalue weighted by Gasteiger charge is -2.13. The Balaban J connectivity index is 1.63. The lowest BCUT2D eigenvalue weighted by molar-refractivity contribution is -0.133. The third-order valence-electron chi connectivity index (χ3n) is 4.72. The monoisotopic (exact) mass is 578 g/mol. The van der Waals surface area contributed by atoms with E-state index in [0.717, 1.165) is 4.47 Å². The number of carbonyl (C=O) groups is 3. The van der Waals surface area contributed by atoms with Gasteiger partial charge in [-0.05, 0) is 60.7 Å². The first-order valence-electron chi connectivity index (χ1n) is 9.67. The fourth-order valence-corrected chi connectivity index (χ4v) is 3.93. The molecule has 7 nitrogen and oxygen atoms in total. The highest BCUT2D eigenvalue weighted by atomic mass is 79.9. The van der Waals surface area contributed by atoms with Crippen LogP contribution in [0.25, 0.3) is 10.9 Å². The Kier molecular flexibility index (Phi) is 7.13. The van der Waals surface area contributed by atoms with Crippen molar-refractivity contribution in [2.24, 2.45) is 0 Å². The molecule has 1 aromatic heterocycles. The largest absolute Gasteiger partial charge is 0.328 e. The van der Waals surface area contributed by atoms with Crippen molar-refractivity contribution >= 4 is 90.7 Å². The minimum absolute atomic E-state index is 0.0853. The summed E-state index contributed by atoms with van der Waals surface area (Å²) in [5.74, 6) is -2.53. The van der Waals surface area contributed by atoms with E-state index in [2.05, 4.69) is 32.0 Å². The van der Waals surface area contributed by atoms with Gasteiger partial charge in [0.25, 0.3) is 5.91 Å². The summed E-state index contributed by atoms with van der Waals surface area (Å²) < 4.78 is 2.08. The molecule has 3 aromatic carbocycles. The summed E-state index contributed by atoms with van der Waals surface area (Å²) >= 11 is 21.5. The number of nitrogens with one attached hydrogen (secondary N) is 3. The molecule has 0 saturated heterocycles. The van der Waals surface area contributed by atoms with E-state index >= 15 is 0 Å². The highest BCUT2D eigenvalue weighted by Crippen LogP contribution is 2.29. The molecule has 0 radical (unpaired) electrons. The molecule has 3 N–H and O–H groups in total. The maximum Gasteiger partial charge on any atom is 0.328 e. The number of aromatic nitrogens is 1. The summed E-state index contributed by atoms with van der Waals surface area (Å²) in [6.07, 6.45) is 0. The van der Waals surface area contributed by atoms with Gasteiger partial charge in [0.1, 0.15) is 5.69 Å². The first-order chi connectivity index (χ1) is 16.2. The van der Waals surface area contributed by atoms with E-state index in [1.807, 2.05) is 0 Å². The number of carbonyl (C=O) groups excluding carboxylic acids is 3. The van der Waals surface area contributed by atoms with Crippen LogP contribution >= 0.6 is 50.7 Å². The summed E-state index contributed by atoms with van der Waals surface area (Å²) in [6.45, 7) is 0. The smallest absolute Gasteiger partial charge is 0.321 e. The van der Waals surface area contributed by atoms with E-state index in [-0.39, 0.29) is 21.4 Å². The molecule has 0 bridgehead atoms. The molecule has 0 aliphatic heterocycles. The third kappa shape index (κ3) is 5.20. The van der Waals surface area contributed by atoms with Crippen LogP contribution in [0.4, 0.5) is 11.4 Å². The number of nitrogens with zero attached hydrogens (tertiary/aromatic N) is 1. The maximum atomic E-state index is 13.0. The van der Waals surface area contributed by atoms with Gasteiger partial charge in [-0.25, -0.2) is 4.68 Å². The van der Waals surface area contributed by atoms with E-state index < -0.39 is 17.7 Å². The van der Waals surface area contributed by atoms with Crippen molar-refractivity contribution in [2.75, 3.05) is 16.1 Å². The van der Waals surface area contributed by atoms with Gasteiger partial charge in [0, 0.05) is 20.6 Å². The molecule has 0 saturated carbocycles. The molecule has 3 amide bonds. The molecule has 0 spiro atoms. The second-order valence-corrected chi connectivity index (χ2v) is 9.16. The number of amides is 3. The summed E-state index contributed by atoms with van der Waals surface area (Å²) in [5, 5.41) is 6.53. The summed E-state index contributed by atoms with van der Waals surface area (Å²) in [7, 11) is 0. The number of fused-ring (bicyclic) bond motifs is 1. The average molecular weight is 581 g/mol. The Morgan fingerprint density at radius 3 is 2.29 bits per heavy atom. The standard InChI is InChI=1S/C23H14BrCl3N4O3/c24-13-4-7-15(8-5-13)28-21(32)19-11-12-10-14(25)6-9-18(12)31(19)30-23(34)22(33)29-17-3-1-2-16(26)20(17)27/h1-11H,(H,28,32)(H,29,33)(H,30,34). The van der Waals surface area contributed by atoms with Gasteiger partial charge in [0.05, 0.1) is 21.2 Å².